The number of amides is 1. The number of guanidine groups is 1. The number of ether oxygens (including phenoxy) is 1. The lowest BCUT2D eigenvalue weighted by Crippen LogP contribution is -2.42. The Morgan fingerprint density at radius 1 is 1.03 bits per heavy atom. The molecule has 2 fully saturated rings. The molecule has 2 saturated heterocycles. The highest BCUT2D eigenvalue weighted by atomic mass is 127. The van der Waals surface area contributed by atoms with Crippen LogP contribution in [0.2, 0.25) is 0 Å². The number of carbonyl (C=O) groups excluding carboxylic acids is 1. The highest BCUT2D eigenvalue weighted by Gasteiger charge is 2.26. The highest BCUT2D eigenvalue weighted by molar-refractivity contribution is 14.0. The Hall–Kier alpha value is -2.33. The Morgan fingerprint density at radius 3 is 2.41 bits per heavy atom. The van der Waals surface area contributed by atoms with Crippen LogP contribution in [-0.2, 0) is 11.3 Å². The summed E-state index contributed by atoms with van der Waals surface area (Å²) in [4.78, 5) is 20.8. The first-order valence-electron chi connectivity index (χ1n) is 11.9. The molecule has 2 aliphatic rings. The number of rotatable bonds is 8. The zero-order chi connectivity index (χ0) is 23.0. The van der Waals surface area contributed by atoms with Crippen molar-refractivity contribution in [1.29, 1.82) is 0 Å². The molecule has 8 heteroatoms. The van der Waals surface area contributed by atoms with Crippen molar-refractivity contribution in [3.8, 4) is 5.75 Å². The van der Waals surface area contributed by atoms with Gasteiger partial charge in [0.2, 0.25) is 5.91 Å². The van der Waals surface area contributed by atoms with Gasteiger partial charge in [0, 0.05) is 44.4 Å². The maximum atomic E-state index is 12.0. The summed E-state index contributed by atoms with van der Waals surface area (Å²) in [6.07, 6.45) is 4.06. The summed E-state index contributed by atoms with van der Waals surface area (Å²) in [6.45, 7) is 4.43. The van der Waals surface area contributed by atoms with Gasteiger partial charge < -0.3 is 20.3 Å². The van der Waals surface area contributed by atoms with Crippen molar-refractivity contribution in [2.75, 3.05) is 45.2 Å². The van der Waals surface area contributed by atoms with Crippen molar-refractivity contribution >= 4 is 41.5 Å². The van der Waals surface area contributed by atoms with Crippen LogP contribution in [0.3, 0.4) is 0 Å². The van der Waals surface area contributed by atoms with Crippen LogP contribution in [0.4, 0.5) is 5.69 Å². The molecular formula is C26H36IN5O2. The minimum absolute atomic E-state index is 0. The normalized spacial score (nSPS) is 17.4. The second kappa shape index (κ2) is 12.9. The quantitative estimate of drug-likeness (QED) is 0.283. The topological polar surface area (TPSA) is 69.2 Å². The van der Waals surface area contributed by atoms with Crippen LogP contribution in [0.25, 0.3) is 0 Å². The minimum atomic E-state index is 0. The van der Waals surface area contributed by atoms with Crippen molar-refractivity contribution in [3.63, 3.8) is 0 Å². The van der Waals surface area contributed by atoms with E-state index in [1.54, 1.807) is 14.2 Å². The van der Waals surface area contributed by atoms with Gasteiger partial charge in [-0.15, -0.1) is 24.0 Å². The molecule has 34 heavy (non-hydrogen) atoms. The number of benzene rings is 2. The molecule has 2 aromatic carbocycles. The van der Waals surface area contributed by atoms with Crippen LogP contribution in [0.5, 0.6) is 5.75 Å². The Morgan fingerprint density at radius 2 is 1.76 bits per heavy atom. The fourth-order valence-electron chi connectivity index (χ4n) is 4.75. The summed E-state index contributed by atoms with van der Waals surface area (Å²) in [6, 6.07) is 16.7. The molecule has 0 aromatic heterocycles. The van der Waals surface area contributed by atoms with Gasteiger partial charge in [-0.25, -0.2) is 0 Å². The second-order valence-corrected chi connectivity index (χ2v) is 8.62. The summed E-state index contributed by atoms with van der Waals surface area (Å²) in [5.41, 5.74) is 3.33. The molecule has 7 nitrogen and oxygen atoms in total. The Labute approximate surface area is 220 Å². The highest BCUT2D eigenvalue weighted by Crippen LogP contribution is 2.31. The third-order valence-electron chi connectivity index (χ3n) is 6.55. The van der Waals surface area contributed by atoms with Crippen LogP contribution in [0, 0.1) is 0 Å². The zero-order valence-electron chi connectivity index (χ0n) is 20.1. The molecule has 0 spiro atoms. The molecule has 1 amide bonds. The number of para-hydroxylation sites is 1. The van der Waals surface area contributed by atoms with Crippen LogP contribution in [0.1, 0.15) is 42.9 Å². The molecule has 0 aliphatic carbocycles. The van der Waals surface area contributed by atoms with E-state index < -0.39 is 0 Å². The van der Waals surface area contributed by atoms with E-state index in [0.717, 1.165) is 55.6 Å². The van der Waals surface area contributed by atoms with Crippen molar-refractivity contribution in [2.45, 2.75) is 38.3 Å². The van der Waals surface area contributed by atoms with Crippen molar-refractivity contribution < 1.29 is 9.53 Å². The molecule has 1 atom stereocenters. The van der Waals surface area contributed by atoms with E-state index in [9.17, 15) is 4.79 Å². The fourth-order valence-corrected chi connectivity index (χ4v) is 4.75. The molecule has 4 rings (SSSR count). The van der Waals surface area contributed by atoms with Gasteiger partial charge in [0.15, 0.2) is 5.96 Å². The van der Waals surface area contributed by atoms with Gasteiger partial charge in [-0.05, 0) is 56.1 Å². The lowest BCUT2D eigenvalue weighted by molar-refractivity contribution is -0.117. The SMILES string of the molecule is CN=C(NCc1ccc(N2CCCC2=O)cc1)NCC(c1ccccc1OC)N1CCCC1.I. The molecule has 0 radical (unpaired) electrons. The van der Waals surface area contributed by atoms with E-state index in [-0.39, 0.29) is 35.9 Å². The van der Waals surface area contributed by atoms with Gasteiger partial charge in [0.1, 0.15) is 5.75 Å². The third-order valence-corrected chi connectivity index (χ3v) is 6.55. The average molecular weight is 578 g/mol. The van der Waals surface area contributed by atoms with Crippen LogP contribution in [-0.4, -0.2) is 57.1 Å². The van der Waals surface area contributed by atoms with E-state index >= 15 is 0 Å². The fraction of sp³-hybridized carbons (Fsp3) is 0.462. The molecule has 2 heterocycles. The number of anilines is 1. The number of nitrogens with one attached hydrogen (secondary N) is 2. The molecule has 1 unspecified atom stereocenters. The molecular weight excluding hydrogens is 541 g/mol. The van der Waals surface area contributed by atoms with Gasteiger partial charge in [0.25, 0.3) is 0 Å². The number of methoxy groups -OCH3 is 1. The van der Waals surface area contributed by atoms with Gasteiger partial charge in [0.05, 0.1) is 13.2 Å². The van der Waals surface area contributed by atoms with Gasteiger partial charge in [-0.1, -0.05) is 30.3 Å². The number of halogens is 1. The van der Waals surface area contributed by atoms with Crippen LogP contribution >= 0.6 is 24.0 Å². The zero-order valence-corrected chi connectivity index (χ0v) is 22.5. The molecule has 2 aliphatic heterocycles. The Kier molecular flexibility index (Phi) is 10.0. The molecule has 184 valence electrons. The molecule has 0 saturated carbocycles. The van der Waals surface area contributed by atoms with Crippen LogP contribution < -0.4 is 20.3 Å². The number of hydrogen-bond donors (Lipinski definition) is 2. The lowest BCUT2D eigenvalue weighted by atomic mass is 10.0. The van der Waals surface area contributed by atoms with Gasteiger partial charge in [-0.3, -0.25) is 14.7 Å². The first-order chi connectivity index (χ1) is 16.2. The lowest BCUT2D eigenvalue weighted by Gasteiger charge is -2.30. The first-order valence-corrected chi connectivity index (χ1v) is 11.9. The predicted octanol–water partition coefficient (Wildman–Crippen LogP) is 3.94. The standard InChI is InChI=1S/C26H35N5O2.HI/c1-27-26(28-18-20-11-13-21(14-12-20)31-17-7-10-25(31)32)29-19-23(30-15-5-6-16-30)22-8-3-4-9-24(22)33-2;/h3-4,8-9,11-14,23H,5-7,10,15-19H2,1-2H3,(H2,27,28,29);1H. The summed E-state index contributed by atoms with van der Waals surface area (Å²) in [5.74, 6) is 1.91. The van der Waals surface area contributed by atoms with Crippen molar-refractivity contribution in [3.05, 3.63) is 59.7 Å². The minimum Gasteiger partial charge on any atom is -0.496 e. The maximum Gasteiger partial charge on any atom is 0.227 e. The predicted molar refractivity (Wildman–Crippen MR) is 148 cm³/mol. The monoisotopic (exact) mass is 577 g/mol. The summed E-state index contributed by atoms with van der Waals surface area (Å²) < 4.78 is 5.65. The van der Waals surface area contributed by atoms with E-state index in [1.165, 1.54) is 18.4 Å². The number of nitrogens with zero attached hydrogens (tertiary/aromatic N) is 3. The summed E-state index contributed by atoms with van der Waals surface area (Å²) in [7, 11) is 3.53. The molecule has 2 N–H and O–H groups in total. The molecule has 0 bridgehead atoms. The first kappa shape index (κ1) is 26.3. The Balaban J connectivity index is 0.00000324. The summed E-state index contributed by atoms with van der Waals surface area (Å²) >= 11 is 0. The number of aliphatic imine (C=N–C) groups is 1. The van der Waals surface area contributed by atoms with E-state index in [2.05, 4.69) is 44.8 Å². The number of hydrogen-bond acceptors (Lipinski definition) is 4. The van der Waals surface area contributed by atoms with Crippen molar-refractivity contribution in [2.24, 2.45) is 4.99 Å². The average Bonchev–Trinajstić information content (AvgIpc) is 3.54. The van der Waals surface area contributed by atoms with Gasteiger partial charge in [-0.2, -0.15) is 0 Å². The smallest absolute Gasteiger partial charge is 0.227 e. The largest absolute Gasteiger partial charge is 0.496 e. The van der Waals surface area contributed by atoms with Crippen LogP contribution in [0.15, 0.2) is 53.5 Å². The van der Waals surface area contributed by atoms with Crippen molar-refractivity contribution in [1.82, 2.24) is 15.5 Å². The van der Waals surface area contributed by atoms with Gasteiger partial charge >= 0.3 is 0 Å². The van der Waals surface area contributed by atoms with E-state index in [4.69, 9.17) is 4.74 Å². The maximum absolute atomic E-state index is 12.0. The molecule has 2 aromatic rings. The number of carbonyl (C=O) groups is 1. The Bertz CT molecular complexity index is 960. The summed E-state index contributed by atoms with van der Waals surface area (Å²) in [5, 5.41) is 6.94. The van der Waals surface area contributed by atoms with E-state index in [0.29, 0.717) is 13.0 Å². The van der Waals surface area contributed by atoms with E-state index in [1.807, 2.05) is 29.2 Å². The third kappa shape index (κ3) is 6.41. The number of likely N-dealkylation sites (tertiary alicyclic amines) is 1. The second-order valence-electron chi connectivity index (χ2n) is 8.62.